The number of hydrogen-bond donors (Lipinski definition) is 0. The van der Waals surface area contributed by atoms with Gasteiger partial charge in [0.1, 0.15) is 0 Å². The van der Waals surface area contributed by atoms with E-state index < -0.39 is 11.9 Å². The Morgan fingerprint density at radius 3 is 1.48 bits per heavy atom. The minimum atomic E-state index is -0.483. The number of carbonyl (C=O) groups excluding carboxylic acids is 2. The average Bonchev–Trinajstić information content (AvgIpc) is 2.84. The predicted molar refractivity (Wildman–Crippen MR) is 137 cm³/mol. The first-order valence-corrected chi connectivity index (χ1v) is 13.2. The van der Waals surface area contributed by atoms with Crippen molar-refractivity contribution in [1.29, 1.82) is 0 Å². The number of allylic oxidation sites excluding steroid dienone is 1. The van der Waals surface area contributed by atoms with Crippen LogP contribution in [0.1, 0.15) is 130 Å². The third-order valence-electron chi connectivity index (χ3n) is 5.88. The van der Waals surface area contributed by atoms with Crippen molar-refractivity contribution >= 4 is 11.9 Å². The van der Waals surface area contributed by atoms with Crippen LogP contribution in [0, 0.1) is 0 Å². The highest BCUT2D eigenvalue weighted by Gasteiger charge is 2.18. The van der Waals surface area contributed by atoms with Crippen LogP contribution in [-0.4, -0.2) is 25.2 Å². The van der Waals surface area contributed by atoms with Gasteiger partial charge < -0.3 is 9.47 Å². The molecule has 0 unspecified atom stereocenters. The van der Waals surface area contributed by atoms with E-state index in [9.17, 15) is 9.59 Å². The second kappa shape index (κ2) is 20.5. The van der Waals surface area contributed by atoms with Gasteiger partial charge in [0.15, 0.2) is 0 Å². The van der Waals surface area contributed by atoms with Crippen molar-refractivity contribution in [3.05, 3.63) is 48.0 Å². The van der Waals surface area contributed by atoms with Crippen LogP contribution >= 0.6 is 0 Å². The SMILES string of the molecule is C=CCCCOC(=O)c1ccccc1C(=O)OCCCCCCCCCCCCCCCC. The van der Waals surface area contributed by atoms with Crippen molar-refractivity contribution in [3.63, 3.8) is 0 Å². The van der Waals surface area contributed by atoms with E-state index in [2.05, 4.69) is 13.5 Å². The Balaban J connectivity index is 2.09. The van der Waals surface area contributed by atoms with Crippen LogP contribution in [0.2, 0.25) is 0 Å². The van der Waals surface area contributed by atoms with E-state index in [1.54, 1.807) is 30.3 Å². The Labute approximate surface area is 202 Å². The molecule has 0 saturated heterocycles. The zero-order valence-electron chi connectivity index (χ0n) is 21.0. The van der Waals surface area contributed by atoms with Crippen LogP contribution < -0.4 is 0 Å². The molecule has 0 fully saturated rings. The van der Waals surface area contributed by atoms with Gasteiger partial charge in [0, 0.05) is 0 Å². The Kier molecular flexibility index (Phi) is 18.0. The first-order chi connectivity index (χ1) is 16.2. The molecule has 1 aromatic rings. The standard InChI is InChI=1S/C29H46O4/c1-3-5-7-8-9-10-11-12-13-14-15-16-17-21-25-33-29(31)27-23-19-18-22-26(27)28(30)32-24-20-6-4-2/h4,18-19,22-23H,2-3,5-17,20-21,24-25H2,1H3. The molecular formula is C29H46O4. The maximum atomic E-state index is 12.4. The molecule has 0 aliphatic carbocycles. The highest BCUT2D eigenvalue weighted by atomic mass is 16.5. The van der Waals surface area contributed by atoms with Gasteiger partial charge in [-0.1, -0.05) is 109 Å². The molecule has 0 bridgehead atoms. The fourth-order valence-electron chi connectivity index (χ4n) is 3.85. The second-order valence-corrected chi connectivity index (χ2v) is 8.84. The molecule has 0 aromatic heterocycles. The van der Waals surface area contributed by atoms with Crippen molar-refractivity contribution in [2.75, 3.05) is 13.2 Å². The summed E-state index contributed by atoms with van der Waals surface area (Å²) < 4.78 is 10.7. The second-order valence-electron chi connectivity index (χ2n) is 8.84. The van der Waals surface area contributed by atoms with Crippen LogP contribution in [0.25, 0.3) is 0 Å². The Bertz CT molecular complexity index is 653. The fourth-order valence-corrected chi connectivity index (χ4v) is 3.85. The van der Waals surface area contributed by atoms with E-state index in [0.29, 0.717) is 13.2 Å². The van der Waals surface area contributed by atoms with E-state index in [0.717, 1.165) is 25.7 Å². The number of ether oxygens (including phenoxy) is 2. The average molecular weight is 459 g/mol. The number of rotatable bonds is 21. The summed E-state index contributed by atoms with van der Waals surface area (Å²) >= 11 is 0. The number of hydrogen-bond acceptors (Lipinski definition) is 4. The molecule has 0 aliphatic heterocycles. The maximum Gasteiger partial charge on any atom is 0.339 e. The molecule has 33 heavy (non-hydrogen) atoms. The van der Waals surface area contributed by atoms with E-state index in [-0.39, 0.29) is 11.1 Å². The van der Waals surface area contributed by atoms with Crippen molar-refractivity contribution in [3.8, 4) is 0 Å². The zero-order chi connectivity index (χ0) is 24.0. The number of esters is 2. The summed E-state index contributed by atoms with van der Waals surface area (Å²) in [5.74, 6) is -0.938. The van der Waals surface area contributed by atoms with Gasteiger partial charge in [-0.2, -0.15) is 0 Å². The summed E-state index contributed by atoms with van der Waals surface area (Å²) in [6.45, 7) is 6.62. The summed E-state index contributed by atoms with van der Waals surface area (Å²) in [5.41, 5.74) is 0.540. The molecule has 1 aromatic carbocycles. The molecule has 0 saturated carbocycles. The van der Waals surface area contributed by atoms with Gasteiger partial charge in [-0.25, -0.2) is 9.59 Å². The minimum absolute atomic E-state index is 0.266. The zero-order valence-corrected chi connectivity index (χ0v) is 21.0. The van der Waals surface area contributed by atoms with Crippen LogP contribution in [0.3, 0.4) is 0 Å². The number of carbonyl (C=O) groups is 2. The third-order valence-corrected chi connectivity index (χ3v) is 5.88. The number of unbranched alkanes of at least 4 members (excludes halogenated alkanes) is 14. The van der Waals surface area contributed by atoms with Crippen LogP contribution in [0.4, 0.5) is 0 Å². The first-order valence-electron chi connectivity index (χ1n) is 13.2. The van der Waals surface area contributed by atoms with E-state index >= 15 is 0 Å². The minimum Gasteiger partial charge on any atom is -0.462 e. The van der Waals surface area contributed by atoms with Gasteiger partial charge in [-0.15, -0.1) is 6.58 Å². The molecule has 0 spiro atoms. The van der Waals surface area contributed by atoms with E-state index in [4.69, 9.17) is 9.47 Å². The summed E-state index contributed by atoms with van der Waals surface area (Å²) in [6.07, 6.45) is 21.4. The van der Waals surface area contributed by atoms with Gasteiger partial charge >= 0.3 is 11.9 Å². The van der Waals surface area contributed by atoms with Crippen molar-refractivity contribution < 1.29 is 19.1 Å². The van der Waals surface area contributed by atoms with E-state index in [1.165, 1.54) is 77.0 Å². The molecule has 0 amide bonds. The summed E-state index contributed by atoms with van der Waals surface area (Å²) in [4.78, 5) is 24.7. The lowest BCUT2D eigenvalue weighted by Crippen LogP contribution is -2.15. The fraction of sp³-hybridized carbons (Fsp3) is 0.655. The molecule has 0 radical (unpaired) electrons. The number of benzene rings is 1. The first kappa shape index (κ1) is 28.9. The Morgan fingerprint density at radius 1 is 0.667 bits per heavy atom. The highest BCUT2D eigenvalue weighted by Crippen LogP contribution is 2.15. The molecule has 0 atom stereocenters. The lowest BCUT2D eigenvalue weighted by atomic mass is 10.0. The molecule has 0 aliphatic rings. The molecular weight excluding hydrogens is 412 g/mol. The van der Waals surface area contributed by atoms with Crippen molar-refractivity contribution in [1.82, 2.24) is 0 Å². The molecule has 0 heterocycles. The third kappa shape index (κ3) is 14.6. The van der Waals surface area contributed by atoms with Gasteiger partial charge in [-0.3, -0.25) is 0 Å². The Hall–Kier alpha value is -2.10. The van der Waals surface area contributed by atoms with Gasteiger partial charge in [0.25, 0.3) is 0 Å². The van der Waals surface area contributed by atoms with Gasteiger partial charge in [0.2, 0.25) is 0 Å². The highest BCUT2D eigenvalue weighted by molar-refractivity contribution is 6.03. The quantitative estimate of drug-likeness (QED) is 0.105. The van der Waals surface area contributed by atoms with Crippen molar-refractivity contribution in [2.24, 2.45) is 0 Å². The van der Waals surface area contributed by atoms with E-state index in [1.807, 2.05) is 0 Å². The lowest BCUT2D eigenvalue weighted by Gasteiger charge is -2.10. The molecule has 4 heteroatoms. The monoisotopic (exact) mass is 458 g/mol. The normalized spacial score (nSPS) is 10.7. The van der Waals surface area contributed by atoms with Gasteiger partial charge in [-0.05, 0) is 31.4 Å². The maximum absolute atomic E-state index is 12.4. The van der Waals surface area contributed by atoms with Crippen LogP contribution in [0.15, 0.2) is 36.9 Å². The Morgan fingerprint density at radius 2 is 1.06 bits per heavy atom. The van der Waals surface area contributed by atoms with Crippen LogP contribution in [0.5, 0.6) is 0 Å². The summed E-state index contributed by atoms with van der Waals surface area (Å²) in [6, 6.07) is 6.69. The molecule has 1 rings (SSSR count). The summed E-state index contributed by atoms with van der Waals surface area (Å²) in [5, 5.41) is 0. The van der Waals surface area contributed by atoms with Crippen molar-refractivity contribution in [2.45, 2.75) is 110 Å². The lowest BCUT2D eigenvalue weighted by molar-refractivity contribution is 0.0452. The molecule has 0 N–H and O–H groups in total. The molecule has 186 valence electrons. The topological polar surface area (TPSA) is 52.6 Å². The van der Waals surface area contributed by atoms with Gasteiger partial charge in [0.05, 0.1) is 24.3 Å². The summed E-state index contributed by atoms with van der Waals surface area (Å²) in [7, 11) is 0. The van der Waals surface area contributed by atoms with Crippen LogP contribution in [-0.2, 0) is 9.47 Å². The smallest absolute Gasteiger partial charge is 0.339 e. The largest absolute Gasteiger partial charge is 0.462 e. The predicted octanol–water partition coefficient (Wildman–Crippen LogP) is 8.45. The molecule has 4 nitrogen and oxygen atoms in total.